The Balaban J connectivity index is 1.26. The SMILES string of the molecule is Cc1ccccc1NC(=O)OCC[NH2+]CCO[C@H]1C[C@@H]2CC[C@@]1(C)C2(C)C. The van der Waals surface area contributed by atoms with Gasteiger partial charge in [-0.1, -0.05) is 39.0 Å². The molecule has 0 spiro atoms. The van der Waals surface area contributed by atoms with Crippen molar-refractivity contribution >= 4 is 11.8 Å². The number of quaternary nitrogens is 1. The number of nitrogens with one attached hydrogen (secondary N) is 1. The van der Waals surface area contributed by atoms with Gasteiger partial charge >= 0.3 is 6.09 Å². The van der Waals surface area contributed by atoms with E-state index in [2.05, 4.69) is 31.4 Å². The molecule has 0 heterocycles. The van der Waals surface area contributed by atoms with Crippen LogP contribution in [-0.2, 0) is 9.47 Å². The van der Waals surface area contributed by atoms with E-state index < -0.39 is 6.09 Å². The number of aryl methyl sites for hydroxylation is 1. The second-order valence-electron chi connectivity index (χ2n) is 8.91. The maximum Gasteiger partial charge on any atom is 0.411 e. The fourth-order valence-electron chi connectivity index (χ4n) is 4.91. The molecule has 1 aromatic rings. The van der Waals surface area contributed by atoms with Gasteiger partial charge in [-0.25, -0.2) is 4.79 Å². The molecule has 0 saturated heterocycles. The number of carbonyl (C=O) groups excluding carboxylic acids is 1. The van der Waals surface area contributed by atoms with Crippen LogP contribution in [0.25, 0.3) is 0 Å². The van der Waals surface area contributed by atoms with Crippen LogP contribution >= 0.6 is 0 Å². The average Bonchev–Trinajstić information content (AvgIpc) is 2.96. The number of hydrogen-bond donors (Lipinski definition) is 2. The number of ether oxygens (including phenoxy) is 2. The van der Waals surface area contributed by atoms with Crippen LogP contribution in [0.1, 0.15) is 45.6 Å². The highest BCUT2D eigenvalue weighted by Gasteiger charge is 2.61. The average molecular weight is 376 g/mol. The molecule has 0 unspecified atom stereocenters. The second-order valence-corrected chi connectivity index (χ2v) is 8.91. The number of amides is 1. The Hall–Kier alpha value is -1.59. The molecule has 0 aliphatic heterocycles. The molecular weight excluding hydrogens is 340 g/mol. The van der Waals surface area contributed by atoms with Crippen molar-refractivity contribution in [3.05, 3.63) is 29.8 Å². The summed E-state index contributed by atoms with van der Waals surface area (Å²) in [7, 11) is 0. The lowest BCUT2D eigenvalue weighted by Crippen LogP contribution is -2.86. The first-order valence-corrected chi connectivity index (χ1v) is 10.3. The van der Waals surface area contributed by atoms with E-state index in [9.17, 15) is 4.79 Å². The molecule has 3 rings (SSSR count). The number of anilines is 1. The van der Waals surface area contributed by atoms with Gasteiger partial charge in [0.05, 0.1) is 19.3 Å². The maximum atomic E-state index is 11.8. The Morgan fingerprint density at radius 2 is 1.96 bits per heavy atom. The first-order chi connectivity index (χ1) is 12.8. The summed E-state index contributed by atoms with van der Waals surface area (Å²) in [5, 5.41) is 4.93. The number of para-hydroxylation sites is 1. The zero-order valence-corrected chi connectivity index (χ0v) is 17.2. The van der Waals surface area contributed by atoms with Crippen LogP contribution in [0.5, 0.6) is 0 Å². The third-order valence-corrected chi connectivity index (χ3v) is 7.29. The maximum absolute atomic E-state index is 11.8. The molecule has 0 radical (unpaired) electrons. The van der Waals surface area contributed by atoms with E-state index >= 15 is 0 Å². The van der Waals surface area contributed by atoms with Crippen LogP contribution in [0.3, 0.4) is 0 Å². The summed E-state index contributed by atoms with van der Waals surface area (Å²) >= 11 is 0. The number of hydrogen-bond acceptors (Lipinski definition) is 3. The molecule has 2 bridgehead atoms. The minimum atomic E-state index is -0.397. The molecule has 150 valence electrons. The lowest BCUT2D eigenvalue weighted by atomic mass is 9.70. The van der Waals surface area contributed by atoms with Gasteiger partial charge in [-0.05, 0) is 54.6 Å². The van der Waals surface area contributed by atoms with Crippen LogP contribution in [0.2, 0.25) is 0 Å². The van der Waals surface area contributed by atoms with Gasteiger partial charge in [-0.2, -0.15) is 0 Å². The van der Waals surface area contributed by atoms with E-state index in [1.165, 1.54) is 19.3 Å². The number of fused-ring (bicyclic) bond motifs is 2. The van der Waals surface area contributed by atoms with Gasteiger partial charge in [0.15, 0.2) is 0 Å². The predicted molar refractivity (Wildman–Crippen MR) is 107 cm³/mol. The third kappa shape index (κ3) is 4.14. The molecule has 3 N–H and O–H groups in total. The van der Waals surface area contributed by atoms with Crippen molar-refractivity contribution < 1.29 is 19.6 Å². The summed E-state index contributed by atoms with van der Waals surface area (Å²) in [6.07, 6.45) is 3.87. The van der Waals surface area contributed by atoms with Crippen LogP contribution < -0.4 is 10.6 Å². The Kier molecular flexibility index (Phi) is 6.11. The monoisotopic (exact) mass is 375 g/mol. The van der Waals surface area contributed by atoms with Crippen molar-refractivity contribution in [3.63, 3.8) is 0 Å². The summed E-state index contributed by atoms with van der Waals surface area (Å²) < 4.78 is 11.5. The Bertz CT molecular complexity index is 661. The summed E-state index contributed by atoms with van der Waals surface area (Å²) in [5.74, 6) is 0.816. The summed E-state index contributed by atoms with van der Waals surface area (Å²) in [6, 6.07) is 7.67. The largest absolute Gasteiger partial charge is 0.443 e. The summed E-state index contributed by atoms with van der Waals surface area (Å²) in [5.41, 5.74) is 2.55. The highest BCUT2D eigenvalue weighted by Crippen LogP contribution is 2.66. The third-order valence-electron chi connectivity index (χ3n) is 7.29. The molecule has 2 saturated carbocycles. The van der Waals surface area contributed by atoms with Crippen molar-refractivity contribution in [1.29, 1.82) is 0 Å². The smallest absolute Gasteiger partial charge is 0.411 e. The second kappa shape index (κ2) is 8.19. The fraction of sp³-hybridized carbons (Fsp3) is 0.682. The number of rotatable bonds is 8. The van der Waals surface area contributed by atoms with Gasteiger partial charge in [0.2, 0.25) is 0 Å². The number of benzene rings is 1. The van der Waals surface area contributed by atoms with Gasteiger partial charge < -0.3 is 14.8 Å². The molecule has 27 heavy (non-hydrogen) atoms. The van der Waals surface area contributed by atoms with Crippen molar-refractivity contribution in [2.24, 2.45) is 16.7 Å². The van der Waals surface area contributed by atoms with E-state index in [0.717, 1.165) is 36.9 Å². The first kappa shape index (κ1) is 20.2. The standard InChI is InChI=1S/C22H34N2O3/c1-16-7-5-6-8-18(16)24-20(25)27-14-12-23-11-13-26-19-15-17-9-10-22(19,4)21(17,2)3/h5-8,17,19,23H,9-15H2,1-4H3,(H,24,25)/p+1/t17-,19-,22+/m0/s1. The van der Waals surface area contributed by atoms with Crippen LogP contribution in [-0.4, -0.2) is 38.5 Å². The van der Waals surface area contributed by atoms with E-state index in [1.54, 1.807) is 0 Å². The molecule has 1 amide bonds. The highest BCUT2D eigenvalue weighted by molar-refractivity contribution is 5.85. The van der Waals surface area contributed by atoms with Crippen LogP contribution in [0.15, 0.2) is 24.3 Å². The van der Waals surface area contributed by atoms with E-state index in [1.807, 2.05) is 31.2 Å². The summed E-state index contributed by atoms with van der Waals surface area (Å²) in [6.45, 7) is 12.0. The van der Waals surface area contributed by atoms with Crippen molar-refractivity contribution in [3.8, 4) is 0 Å². The minimum absolute atomic E-state index is 0.328. The van der Waals surface area contributed by atoms with Gasteiger partial charge in [0, 0.05) is 5.69 Å². The van der Waals surface area contributed by atoms with Crippen LogP contribution in [0, 0.1) is 23.7 Å². The van der Waals surface area contributed by atoms with E-state index in [-0.39, 0.29) is 0 Å². The van der Waals surface area contributed by atoms with E-state index in [4.69, 9.17) is 9.47 Å². The lowest BCUT2D eigenvalue weighted by molar-refractivity contribution is -0.657. The first-order valence-electron chi connectivity index (χ1n) is 10.3. The molecule has 0 aromatic heterocycles. The fourth-order valence-corrected chi connectivity index (χ4v) is 4.91. The predicted octanol–water partition coefficient (Wildman–Crippen LogP) is 3.34. The van der Waals surface area contributed by atoms with Crippen molar-refractivity contribution in [1.82, 2.24) is 0 Å². The van der Waals surface area contributed by atoms with Crippen molar-refractivity contribution in [2.75, 3.05) is 31.6 Å². The molecule has 2 aliphatic rings. The molecule has 2 fully saturated rings. The molecule has 3 atom stereocenters. The van der Waals surface area contributed by atoms with Gasteiger partial charge in [-0.3, -0.25) is 5.32 Å². The molecule has 2 aliphatic carbocycles. The highest BCUT2D eigenvalue weighted by atomic mass is 16.5. The molecular formula is C22H35N2O3+. The quantitative estimate of drug-likeness (QED) is 0.685. The molecule has 5 heteroatoms. The molecule has 5 nitrogen and oxygen atoms in total. The normalized spacial score (nSPS) is 28.3. The topological polar surface area (TPSA) is 64.2 Å². The Labute approximate surface area is 163 Å². The number of carbonyl (C=O) groups is 1. The number of nitrogens with two attached hydrogens (primary N) is 1. The summed E-state index contributed by atoms with van der Waals surface area (Å²) in [4.78, 5) is 11.8. The zero-order chi connectivity index (χ0) is 19.5. The minimum Gasteiger partial charge on any atom is -0.443 e. The lowest BCUT2D eigenvalue weighted by Gasteiger charge is -2.38. The van der Waals surface area contributed by atoms with Gasteiger partial charge in [-0.15, -0.1) is 0 Å². The molecule has 1 aromatic carbocycles. The van der Waals surface area contributed by atoms with E-state index in [0.29, 0.717) is 23.5 Å². The van der Waals surface area contributed by atoms with Gasteiger partial charge in [0.1, 0.15) is 13.2 Å². The Morgan fingerprint density at radius 1 is 1.22 bits per heavy atom. The van der Waals surface area contributed by atoms with Crippen molar-refractivity contribution in [2.45, 2.75) is 53.1 Å². The Morgan fingerprint density at radius 3 is 2.63 bits per heavy atom. The zero-order valence-electron chi connectivity index (χ0n) is 17.2. The van der Waals surface area contributed by atoms with Gasteiger partial charge in [0.25, 0.3) is 0 Å². The van der Waals surface area contributed by atoms with Crippen LogP contribution in [0.4, 0.5) is 10.5 Å².